The molecule has 1 amide bonds. The van der Waals surface area contributed by atoms with Crippen LogP contribution in [0.3, 0.4) is 0 Å². The van der Waals surface area contributed by atoms with E-state index in [4.69, 9.17) is 16.9 Å². The van der Waals surface area contributed by atoms with Crippen LogP contribution in [0.15, 0.2) is 36.4 Å². The van der Waals surface area contributed by atoms with Gasteiger partial charge < -0.3 is 0 Å². The van der Waals surface area contributed by atoms with E-state index in [1.165, 1.54) is 23.5 Å². The molecule has 3 rings (SSSR count). The van der Waals surface area contributed by atoms with Crippen LogP contribution in [0.5, 0.6) is 0 Å². The Morgan fingerprint density at radius 3 is 2.86 bits per heavy atom. The van der Waals surface area contributed by atoms with Crippen molar-refractivity contribution in [3.05, 3.63) is 58.4 Å². The number of halogens is 2. The largest absolute Gasteiger partial charge is 0.298 e. The molecule has 0 radical (unpaired) electrons. The number of nitrogens with zero attached hydrogens (tertiary/aromatic N) is 2. The maximum absolute atomic E-state index is 13.8. The van der Waals surface area contributed by atoms with Crippen molar-refractivity contribution in [2.45, 2.75) is 0 Å². The molecule has 0 aliphatic carbocycles. The number of hydrogen-bond donors (Lipinski definition) is 1. The molecule has 1 N–H and O–H groups in total. The standard InChI is InChI=1S/C15H7ClFN3OS/c16-9-2-4-13-12(6-9)19-15(22-13)20-14(21)10-3-1-8(7-18)5-11(10)17/h1-6H,(H,19,20,21). The van der Waals surface area contributed by atoms with Crippen LogP contribution in [0.25, 0.3) is 10.2 Å². The summed E-state index contributed by atoms with van der Waals surface area (Å²) in [5, 5.41) is 12.1. The first-order valence-corrected chi connectivity index (χ1v) is 7.33. The lowest BCUT2D eigenvalue weighted by atomic mass is 10.1. The molecule has 1 aromatic heterocycles. The zero-order valence-electron chi connectivity index (χ0n) is 10.9. The molecule has 0 spiro atoms. The number of benzene rings is 2. The summed E-state index contributed by atoms with van der Waals surface area (Å²) in [6.45, 7) is 0. The molecule has 1 heterocycles. The van der Waals surface area contributed by atoms with Gasteiger partial charge >= 0.3 is 0 Å². The van der Waals surface area contributed by atoms with E-state index in [1.807, 2.05) is 6.07 Å². The van der Waals surface area contributed by atoms with Crippen molar-refractivity contribution >= 4 is 44.2 Å². The molecule has 7 heteroatoms. The third-order valence-electron chi connectivity index (χ3n) is 2.91. The third-order valence-corrected chi connectivity index (χ3v) is 4.10. The normalized spacial score (nSPS) is 10.4. The van der Waals surface area contributed by atoms with E-state index in [-0.39, 0.29) is 11.1 Å². The Labute approximate surface area is 133 Å². The lowest BCUT2D eigenvalue weighted by molar-refractivity contribution is 0.102. The average Bonchev–Trinajstić information content (AvgIpc) is 2.88. The first-order chi connectivity index (χ1) is 10.6. The van der Waals surface area contributed by atoms with Gasteiger partial charge in [-0.05, 0) is 36.4 Å². The van der Waals surface area contributed by atoms with Crippen molar-refractivity contribution in [3.63, 3.8) is 0 Å². The van der Waals surface area contributed by atoms with Crippen LogP contribution in [-0.2, 0) is 0 Å². The minimum absolute atomic E-state index is 0.142. The number of nitrogens with one attached hydrogen (secondary N) is 1. The highest BCUT2D eigenvalue weighted by molar-refractivity contribution is 7.22. The topological polar surface area (TPSA) is 65.8 Å². The Bertz CT molecular complexity index is 932. The fraction of sp³-hybridized carbons (Fsp3) is 0. The van der Waals surface area contributed by atoms with Crippen molar-refractivity contribution in [2.75, 3.05) is 5.32 Å². The SMILES string of the molecule is N#Cc1ccc(C(=O)Nc2nc3cc(Cl)ccc3s2)c(F)c1. The van der Waals surface area contributed by atoms with Crippen molar-refractivity contribution in [1.82, 2.24) is 4.98 Å². The van der Waals surface area contributed by atoms with Gasteiger partial charge in [-0.25, -0.2) is 9.37 Å². The Kier molecular flexibility index (Phi) is 3.75. The smallest absolute Gasteiger partial charge is 0.260 e. The molecule has 2 aromatic carbocycles. The van der Waals surface area contributed by atoms with Crippen molar-refractivity contribution in [3.8, 4) is 6.07 Å². The lowest BCUT2D eigenvalue weighted by Gasteiger charge is -2.03. The van der Waals surface area contributed by atoms with Crippen LogP contribution in [0.1, 0.15) is 15.9 Å². The molecule has 0 atom stereocenters. The van der Waals surface area contributed by atoms with Gasteiger partial charge in [-0.15, -0.1) is 0 Å². The highest BCUT2D eigenvalue weighted by atomic mass is 35.5. The van der Waals surface area contributed by atoms with E-state index >= 15 is 0 Å². The molecule has 4 nitrogen and oxygen atoms in total. The number of aromatic nitrogens is 1. The van der Waals surface area contributed by atoms with Crippen LogP contribution in [0, 0.1) is 17.1 Å². The minimum Gasteiger partial charge on any atom is -0.298 e. The fourth-order valence-corrected chi connectivity index (χ4v) is 2.89. The first-order valence-electron chi connectivity index (χ1n) is 6.14. The monoisotopic (exact) mass is 331 g/mol. The van der Waals surface area contributed by atoms with Gasteiger partial charge in [-0.3, -0.25) is 10.1 Å². The second kappa shape index (κ2) is 5.72. The van der Waals surface area contributed by atoms with E-state index in [0.29, 0.717) is 15.7 Å². The van der Waals surface area contributed by atoms with Crippen LogP contribution in [-0.4, -0.2) is 10.9 Å². The second-order valence-electron chi connectivity index (χ2n) is 4.39. The van der Waals surface area contributed by atoms with E-state index in [2.05, 4.69) is 10.3 Å². The first kappa shape index (κ1) is 14.4. The number of carbonyl (C=O) groups is 1. The maximum atomic E-state index is 13.8. The molecule has 108 valence electrons. The number of fused-ring (bicyclic) bond motifs is 1. The fourth-order valence-electron chi connectivity index (χ4n) is 1.89. The summed E-state index contributed by atoms with van der Waals surface area (Å²) in [7, 11) is 0. The molecule has 0 saturated heterocycles. The summed E-state index contributed by atoms with van der Waals surface area (Å²) in [6, 6.07) is 10.7. The van der Waals surface area contributed by atoms with Gasteiger partial charge in [0.25, 0.3) is 5.91 Å². The van der Waals surface area contributed by atoms with E-state index < -0.39 is 11.7 Å². The summed E-state index contributed by atoms with van der Waals surface area (Å²) < 4.78 is 14.7. The number of carbonyl (C=O) groups excluding carboxylic acids is 1. The Morgan fingerprint density at radius 2 is 2.14 bits per heavy atom. The third kappa shape index (κ3) is 2.77. The summed E-state index contributed by atoms with van der Waals surface area (Å²) in [6.07, 6.45) is 0. The van der Waals surface area contributed by atoms with Crippen LogP contribution in [0.2, 0.25) is 5.02 Å². The Hall–Kier alpha value is -2.49. The molecule has 0 saturated carbocycles. The summed E-state index contributed by atoms with van der Waals surface area (Å²) >= 11 is 7.15. The van der Waals surface area contributed by atoms with Crippen LogP contribution < -0.4 is 5.32 Å². The van der Waals surface area contributed by atoms with Gasteiger partial charge in [0.2, 0.25) is 0 Å². The van der Waals surface area contributed by atoms with Crippen molar-refractivity contribution < 1.29 is 9.18 Å². The predicted octanol–water partition coefficient (Wildman–Crippen LogP) is 4.21. The molecular weight excluding hydrogens is 325 g/mol. The number of anilines is 1. The van der Waals surface area contributed by atoms with E-state index in [1.54, 1.807) is 18.2 Å². The zero-order chi connectivity index (χ0) is 15.7. The zero-order valence-corrected chi connectivity index (χ0v) is 12.5. The van der Waals surface area contributed by atoms with Gasteiger partial charge in [-0.1, -0.05) is 22.9 Å². The summed E-state index contributed by atoms with van der Waals surface area (Å²) in [5.41, 5.74) is 0.674. The highest BCUT2D eigenvalue weighted by Gasteiger charge is 2.14. The van der Waals surface area contributed by atoms with Gasteiger partial charge in [0.1, 0.15) is 5.82 Å². The Morgan fingerprint density at radius 1 is 1.32 bits per heavy atom. The molecule has 0 bridgehead atoms. The van der Waals surface area contributed by atoms with Gasteiger partial charge in [0.15, 0.2) is 5.13 Å². The lowest BCUT2D eigenvalue weighted by Crippen LogP contribution is -2.13. The Balaban J connectivity index is 1.88. The molecule has 0 aliphatic heterocycles. The van der Waals surface area contributed by atoms with Gasteiger partial charge in [0.05, 0.1) is 27.4 Å². The van der Waals surface area contributed by atoms with E-state index in [0.717, 1.165) is 10.8 Å². The van der Waals surface area contributed by atoms with Gasteiger partial charge in [0, 0.05) is 5.02 Å². The molecule has 22 heavy (non-hydrogen) atoms. The molecule has 0 fully saturated rings. The molecule has 0 aliphatic rings. The number of nitriles is 1. The average molecular weight is 332 g/mol. The van der Waals surface area contributed by atoms with E-state index in [9.17, 15) is 9.18 Å². The number of rotatable bonds is 2. The molecule has 3 aromatic rings. The number of thiazole rings is 1. The minimum atomic E-state index is -0.749. The summed E-state index contributed by atoms with van der Waals surface area (Å²) in [5.74, 6) is -1.37. The maximum Gasteiger partial charge on any atom is 0.260 e. The quantitative estimate of drug-likeness (QED) is 0.764. The number of hydrogen-bond acceptors (Lipinski definition) is 4. The number of amides is 1. The molecular formula is C15H7ClFN3OS. The predicted molar refractivity (Wildman–Crippen MR) is 83.7 cm³/mol. The van der Waals surface area contributed by atoms with Crippen LogP contribution >= 0.6 is 22.9 Å². The second-order valence-corrected chi connectivity index (χ2v) is 5.86. The van der Waals surface area contributed by atoms with Crippen LogP contribution in [0.4, 0.5) is 9.52 Å². The van der Waals surface area contributed by atoms with Crippen molar-refractivity contribution in [1.29, 1.82) is 5.26 Å². The van der Waals surface area contributed by atoms with Crippen molar-refractivity contribution in [2.24, 2.45) is 0 Å². The molecule has 0 unspecified atom stereocenters. The van der Waals surface area contributed by atoms with Gasteiger partial charge in [-0.2, -0.15) is 5.26 Å². The summed E-state index contributed by atoms with van der Waals surface area (Å²) in [4.78, 5) is 16.3. The highest BCUT2D eigenvalue weighted by Crippen LogP contribution is 2.28.